The number of anilines is 1. The Morgan fingerprint density at radius 1 is 1.29 bits per heavy atom. The molecule has 0 saturated carbocycles. The van der Waals surface area contributed by atoms with E-state index in [1.807, 2.05) is 24.9 Å². The van der Waals surface area contributed by atoms with Crippen molar-refractivity contribution >= 4 is 16.9 Å². The van der Waals surface area contributed by atoms with Crippen LogP contribution in [-0.4, -0.2) is 26.8 Å². The molecule has 2 rings (SSSR count). The summed E-state index contributed by atoms with van der Waals surface area (Å²) in [6.45, 7) is 6.26. The molecule has 5 heteroatoms. The summed E-state index contributed by atoms with van der Waals surface area (Å²) < 4.78 is 2.02. The Kier molecular flexibility index (Phi) is 3.26. The molecule has 92 valence electrons. The number of aromatic nitrogens is 4. The number of hydrogen-bond donors (Lipinski definition) is 1. The Balaban J connectivity index is 2.63. The van der Waals surface area contributed by atoms with Crippen LogP contribution in [0.15, 0.2) is 6.20 Å². The summed E-state index contributed by atoms with van der Waals surface area (Å²) >= 11 is 0. The van der Waals surface area contributed by atoms with E-state index in [0.29, 0.717) is 6.04 Å². The SMILES string of the molecule is CCC(CC)n1ncc2c(NC)nc(C)nc21. The number of hydrogen-bond acceptors (Lipinski definition) is 4. The molecule has 2 aromatic heterocycles. The monoisotopic (exact) mass is 233 g/mol. The molecule has 0 fully saturated rings. The summed E-state index contributed by atoms with van der Waals surface area (Å²) in [6.07, 6.45) is 3.97. The fraction of sp³-hybridized carbons (Fsp3) is 0.583. The number of nitrogens with one attached hydrogen (secondary N) is 1. The van der Waals surface area contributed by atoms with E-state index in [1.165, 1.54) is 0 Å². The minimum Gasteiger partial charge on any atom is -0.372 e. The molecular formula is C12H19N5. The van der Waals surface area contributed by atoms with Crippen molar-refractivity contribution in [2.24, 2.45) is 0 Å². The minimum absolute atomic E-state index is 0.409. The molecule has 0 aromatic carbocycles. The molecule has 0 aliphatic heterocycles. The predicted molar refractivity (Wildman–Crippen MR) is 69.2 cm³/mol. The molecule has 0 radical (unpaired) electrons. The second-order valence-electron chi connectivity index (χ2n) is 4.17. The fourth-order valence-electron chi connectivity index (χ4n) is 2.13. The van der Waals surface area contributed by atoms with Crippen molar-refractivity contribution < 1.29 is 0 Å². The van der Waals surface area contributed by atoms with E-state index in [9.17, 15) is 0 Å². The summed E-state index contributed by atoms with van der Waals surface area (Å²) in [5, 5.41) is 8.55. The standard InChI is InChI=1S/C12H19N5/c1-5-9(6-2)17-12-10(7-14-17)11(13-4)15-8(3)16-12/h7,9H,5-6H2,1-4H3,(H,13,15,16). The molecule has 1 N–H and O–H groups in total. The van der Waals surface area contributed by atoms with Gasteiger partial charge in [0.05, 0.1) is 17.6 Å². The van der Waals surface area contributed by atoms with E-state index in [1.54, 1.807) is 0 Å². The lowest BCUT2D eigenvalue weighted by Crippen LogP contribution is -2.10. The van der Waals surface area contributed by atoms with Gasteiger partial charge in [0, 0.05) is 7.05 Å². The average Bonchev–Trinajstić information content (AvgIpc) is 2.74. The van der Waals surface area contributed by atoms with E-state index < -0.39 is 0 Å². The van der Waals surface area contributed by atoms with E-state index in [4.69, 9.17) is 0 Å². The molecule has 0 saturated heterocycles. The molecule has 0 unspecified atom stereocenters. The van der Waals surface area contributed by atoms with Crippen LogP contribution in [0.1, 0.15) is 38.6 Å². The molecule has 0 aliphatic carbocycles. The Labute approximate surface area is 101 Å². The molecule has 17 heavy (non-hydrogen) atoms. The van der Waals surface area contributed by atoms with Crippen molar-refractivity contribution in [2.75, 3.05) is 12.4 Å². The lowest BCUT2D eigenvalue weighted by atomic mass is 10.2. The highest BCUT2D eigenvalue weighted by atomic mass is 15.3. The summed E-state index contributed by atoms with van der Waals surface area (Å²) in [7, 11) is 1.87. The van der Waals surface area contributed by atoms with Gasteiger partial charge in [-0.15, -0.1) is 0 Å². The molecule has 0 aliphatic rings. The van der Waals surface area contributed by atoms with Gasteiger partial charge in [-0.1, -0.05) is 13.8 Å². The highest BCUT2D eigenvalue weighted by molar-refractivity contribution is 5.86. The third-order valence-corrected chi connectivity index (χ3v) is 3.09. The van der Waals surface area contributed by atoms with Gasteiger partial charge >= 0.3 is 0 Å². The molecule has 0 amide bonds. The maximum atomic E-state index is 4.51. The highest BCUT2D eigenvalue weighted by Crippen LogP contribution is 2.24. The molecule has 0 atom stereocenters. The summed E-state index contributed by atoms with van der Waals surface area (Å²) in [5.74, 6) is 1.62. The molecular weight excluding hydrogens is 214 g/mol. The number of nitrogens with zero attached hydrogens (tertiary/aromatic N) is 4. The van der Waals surface area contributed by atoms with E-state index in [-0.39, 0.29) is 0 Å². The summed E-state index contributed by atoms with van der Waals surface area (Å²) in [5.41, 5.74) is 0.926. The zero-order valence-electron chi connectivity index (χ0n) is 10.9. The van der Waals surface area contributed by atoms with Gasteiger partial charge in [-0.25, -0.2) is 14.6 Å². The first-order valence-corrected chi connectivity index (χ1v) is 6.10. The van der Waals surface area contributed by atoms with Gasteiger partial charge in [0.25, 0.3) is 0 Å². The number of rotatable bonds is 4. The Morgan fingerprint density at radius 2 is 2.00 bits per heavy atom. The van der Waals surface area contributed by atoms with Gasteiger partial charge in [-0.2, -0.15) is 5.10 Å². The van der Waals surface area contributed by atoms with Crippen molar-refractivity contribution in [1.82, 2.24) is 19.7 Å². The van der Waals surface area contributed by atoms with Gasteiger partial charge in [0.2, 0.25) is 0 Å². The number of fused-ring (bicyclic) bond motifs is 1. The van der Waals surface area contributed by atoms with Crippen LogP contribution in [-0.2, 0) is 0 Å². The molecule has 0 spiro atoms. The van der Waals surface area contributed by atoms with E-state index >= 15 is 0 Å². The average molecular weight is 233 g/mol. The topological polar surface area (TPSA) is 55.6 Å². The smallest absolute Gasteiger partial charge is 0.163 e. The first-order chi connectivity index (χ1) is 8.21. The zero-order valence-corrected chi connectivity index (χ0v) is 10.9. The minimum atomic E-state index is 0.409. The molecule has 2 aromatic rings. The van der Waals surface area contributed by atoms with Crippen LogP contribution in [0, 0.1) is 6.92 Å². The van der Waals surface area contributed by atoms with Crippen LogP contribution in [0.5, 0.6) is 0 Å². The van der Waals surface area contributed by atoms with Crippen molar-refractivity contribution in [3.05, 3.63) is 12.0 Å². The third kappa shape index (κ3) is 1.97. The highest BCUT2D eigenvalue weighted by Gasteiger charge is 2.15. The second-order valence-corrected chi connectivity index (χ2v) is 4.17. The van der Waals surface area contributed by atoms with Crippen molar-refractivity contribution in [3.63, 3.8) is 0 Å². The first-order valence-electron chi connectivity index (χ1n) is 6.10. The van der Waals surface area contributed by atoms with Gasteiger partial charge in [-0.3, -0.25) is 0 Å². The van der Waals surface area contributed by atoms with Crippen molar-refractivity contribution in [2.45, 2.75) is 39.7 Å². The third-order valence-electron chi connectivity index (χ3n) is 3.09. The number of aryl methyl sites for hydroxylation is 1. The maximum absolute atomic E-state index is 4.51. The van der Waals surface area contributed by atoms with E-state index in [0.717, 1.165) is 35.5 Å². The lowest BCUT2D eigenvalue weighted by Gasteiger charge is -2.14. The lowest BCUT2D eigenvalue weighted by molar-refractivity contribution is 0.438. The Bertz CT molecular complexity index is 513. The van der Waals surface area contributed by atoms with Crippen LogP contribution in [0.2, 0.25) is 0 Å². The van der Waals surface area contributed by atoms with Gasteiger partial charge < -0.3 is 5.32 Å². The van der Waals surface area contributed by atoms with Crippen molar-refractivity contribution in [3.8, 4) is 0 Å². The first kappa shape index (κ1) is 11.8. The Morgan fingerprint density at radius 3 is 2.59 bits per heavy atom. The summed E-state index contributed by atoms with van der Waals surface area (Å²) in [6, 6.07) is 0.409. The van der Waals surface area contributed by atoms with E-state index in [2.05, 4.69) is 34.2 Å². The predicted octanol–water partition coefficient (Wildman–Crippen LogP) is 2.54. The Hall–Kier alpha value is -1.65. The van der Waals surface area contributed by atoms with Crippen LogP contribution in [0.3, 0.4) is 0 Å². The fourth-order valence-corrected chi connectivity index (χ4v) is 2.13. The quantitative estimate of drug-likeness (QED) is 0.881. The molecule has 5 nitrogen and oxygen atoms in total. The van der Waals surface area contributed by atoms with Crippen LogP contribution in [0.25, 0.3) is 11.0 Å². The largest absolute Gasteiger partial charge is 0.372 e. The van der Waals surface area contributed by atoms with Crippen molar-refractivity contribution in [1.29, 1.82) is 0 Å². The normalized spacial score (nSPS) is 11.4. The van der Waals surface area contributed by atoms with Crippen LogP contribution >= 0.6 is 0 Å². The van der Waals surface area contributed by atoms with Crippen LogP contribution < -0.4 is 5.32 Å². The zero-order chi connectivity index (χ0) is 12.4. The van der Waals surface area contributed by atoms with Crippen LogP contribution in [0.4, 0.5) is 5.82 Å². The molecule has 0 bridgehead atoms. The molecule has 2 heterocycles. The van der Waals surface area contributed by atoms with Gasteiger partial charge in [0.15, 0.2) is 5.65 Å². The van der Waals surface area contributed by atoms with Gasteiger partial charge in [0.1, 0.15) is 11.6 Å². The second kappa shape index (κ2) is 4.69. The van der Waals surface area contributed by atoms with Gasteiger partial charge in [-0.05, 0) is 19.8 Å². The summed E-state index contributed by atoms with van der Waals surface area (Å²) in [4.78, 5) is 8.88. The maximum Gasteiger partial charge on any atom is 0.163 e.